The summed E-state index contributed by atoms with van der Waals surface area (Å²) in [6, 6.07) is 79.5. The highest BCUT2D eigenvalue weighted by atomic mass is 32.1. The molecule has 14 aromatic rings. The quantitative estimate of drug-likeness (QED) is 0.170. The van der Waals surface area contributed by atoms with Crippen LogP contribution in [0.4, 0.5) is 0 Å². The summed E-state index contributed by atoms with van der Waals surface area (Å²) in [6.45, 7) is 0. The van der Waals surface area contributed by atoms with E-state index in [1.165, 1.54) is 74.6 Å². The van der Waals surface area contributed by atoms with Gasteiger partial charge in [0.25, 0.3) is 0 Å². The van der Waals surface area contributed by atoms with Crippen molar-refractivity contribution in [3.05, 3.63) is 235 Å². The first kappa shape index (κ1) is 39.4. The van der Waals surface area contributed by atoms with E-state index in [9.17, 15) is 0 Å². The third kappa shape index (κ3) is 6.28. The maximum atomic E-state index is 7.15. The molecule has 1 unspecified atom stereocenters. The van der Waals surface area contributed by atoms with Crippen LogP contribution in [-0.2, 0) is 0 Å². The minimum atomic E-state index is -0.113. The predicted molar refractivity (Wildman–Crippen MR) is 297 cm³/mol. The Bertz CT molecular complexity index is 4460. The molecule has 70 heavy (non-hydrogen) atoms. The van der Waals surface area contributed by atoms with Crippen LogP contribution in [0.2, 0.25) is 0 Å². The van der Waals surface area contributed by atoms with Gasteiger partial charge in [0.05, 0.1) is 28.5 Å². The van der Waals surface area contributed by atoms with Crippen molar-refractivity contribution in [2.45, 2.75) is 18.9 Å². The van der Waals surface area contributed by atoms with E-state index in [2.05, 4.69) is 223 Å². The van der Waals surface area contributed by atoms with E-state index in [1.807, 2.05) is 11.3 Å². The molecule has 3 aromatic heterocycles. The van der Waals surface area contributed by atoms with Crippen LogP contribution in [0, 0.1) is 0 Å². The summed E-state index contributed by atoms with van der Waals surface area (Å²) in [5.41, 5.74) is 11.6. The van der Waals surface area contributed by atoms with E-state index in [4.69, 9.17) is 14.4 Å². The highest BCUT2D eigenvalue weighted by Gasteiger charge is 2.25. The Balaban J connectivity index is 0.993. The summed E-state index contributed by atoms with van der Waals surface area (Å²) in [7, 11) is 0. The molecule has 0 aliphatic carbocycles. The van der Waals surface area contributed by atoms with Gasteiger partial charge in [-0.2, -0.15) is 0 Å². The molecule has 1 aliphatic rings. The molecule has 0 N–H and O–H groups in total. The maximum absolute atomic E-state index is 7.15. The van der Waals surface area contributed by atoms with Crippen LogP contribution in [0.25, 0.3) is 113 Å². The number of benzene rings is 11. The van der Waals surface area contributed by atoms with Crippen molar-refractivity contribution in [1.29, 1.82) is 0 Å². The van der Waals surface area contributed by atoms with E-state index in [1.54, 1.807) is 0 Å². The smallest absolute Gasteiger partial charge is 0.159 e. The van der Waals surface area contributed by atoms with Crippen LogP contribution >= 0.6 is 11.3 Å². The maximum Gasteiger partial charge on any atom is 0.159 e. The summed E-state index contributed by atoms with van der Waals surface area (Å²) in [5, 5.41) is 14.2. The average Bonchev–Trinajstić information content (AvgIpc) is 4.00. The number of aromatic nitrogens is 1. The van der Waals surface area contributed by atoms with E-state index in [0.29, 0.717) is 0 Å². The number of hydrogen-bond acceptors (Lipinski definition) is 4. The molecule has 328 valence electrons. The second-order valence-corrected chi connectivity index (χ2v) is 19.9. The lowest BCUT2D eigenvalue weighted by Gasteiger charge is -2.15. The Labute approximate surface area is 406 Å². The first-order chi connectivity index (χ1) is 34.6. The lowest BCUT2D eigenvalue weighted by atomic mass is 9.95. The van der Waals surface area contributed by atoms with E-state index < -0.39 is 0 Å². The van der Waals surface area contributed by atoms with Gasteiger partial charge in [-0.1, -0.05) is 140 Å². The third-order valence-electron chi connectivity index (χ3n) is 14.7. The lowest BCUT2D eigenvalue weighted by Crippen LogP contribution is -2.06. The van der Waals surface area contributed by atoms with Crippen molar-refractivity contribution in [3.8, 4) is 16.8 Å². The minimum Gasteiger partial charge on any atom is -0.454 e. The zero-order chi connectivity index (χ0) is 45.9. The Hall–Kier alpha value is -8.64. The highest BCUT2D eigenvalue weighted by Crippen LogP contribution is 2.43. The van der Waals surface area contributed by atoms with E-state index >= 15 is 0 Å². The second-order valence-electron chi connectivity index (χ2n) is 18.8. The lowest BCUT2D eigenvalue weighted by molar-refractivity contribution is 0.667. The fraction of sp³-hybridized carbons (Fsp3) is 0.0462. The van der Waals surface area contributed by atoms with Gasteiger partial charge < -0.3 is 8.98 Å². The fourth-order valence-electron chi connectivity index (χ4n) is 11.2. The van der Waals surface area contributed by atoms with Gasteiger partial charge in [-0.05, 0) is 146 Å². The van der Waals surface area contributed by atoms with Gasteiger partial charge in [-0.3, -0.25) is 4.99 Å². The van der Waals surface area contributed by atoms with Crippen LogP contribution in [0.3, 0.4) is 0 Å². The van der Waals surface area contributed by atoms with Gasteiger partial charge in [-0.25, -0.2) is 4.99 Å². The van der Waals surface area contributed by atoms with Gasteiger partial charge >= 0.3 is 0 Å². The summed E-state index contributed by atoms with van der Waals surface area (Å²) in [5.74, 6) is 0.749. The largest absolute Gasteiger partial charge is 0.454 e. The summed E-state index contributed by atoms with van der Waals surface area (Å²) in [4.78, 5) is 11.4. The molecule has 0 saturated carbocycles. The number of fused-ring (bicyclic) bond motifs is 12. The van der Waals surface area contributed by atoms with Crippen LogP contribution in [0.15, 0.2) is 233 Å². The van der Waals surface area contributed by atoms with Crippen molar-refractivity contribution < 1.29 is 4.42 Å². The molecular formula is C65H41N3OS. The zero-order valence-corrected chi connectivity index (χ0v) is 38.8. The minimum absolute atomic E-state index is 0.113. The van der Waals surface area contributed by atoms with Crippen molar-refractivity contribution in [3.63, 3.8) is 0 Å². The molecule has 4 heterocycles. The molecule has 5 heteroatoms. The van der Waals surface area contributed by atoms with Gasteiger partial charge in [0, 0.05) is 47.3 Å². The number of aliphatic imine (C=N–C) groups is 2. The summed E-state index contributed by atoms with van der Waals surface area (Å²) < 4.78 is 12.2. The molecule has 0 amide bonds. The molecule has 0 radical (unpaired) electrons. The van der Waals surface area contributed by atoms with Gasteiger partial charge in [-0.15, -0.1) is 11.3 Å². The van der Waals surface area contributed by atoms with Crippen molar-refractivity contribution >= 4 is 119 Å². The van der Waals surface area contributed by atoms with Gasteiger partial charge in [0.1, 0.15) is 5.58 Å². The number of rotatable bonds is 5. The first-order valence-corrected chi connectivity index (χ1v) is 24.9. The normalized spacial score (nSPS) is 14.5. The molecule has 0 spiro atoms. The molecule has 1 atom stereocenters. The monoisotopic (exact) mass is 911 g/mol. The van der Waals surface area contributed by atoms with Crippen molar-refractivity contribution in [1.82, 2.24) is 4.57 Å². The predicted octanol–water partition coefficient (Wildman–Crippen LogP) is 17.9. The highest BCUT2D eigenvalue weighted by molar-refractivity contribution is 7.25. The Morgan fingerprint density at radius 1 is 0.429 bits per heavy atom. The Kier molecular flexibility index (Phi) is 8.68. The standard InChI is InChI=1S/C65H41N3OS/c1-2-13-39(14-3-1)40-21-12-22-47(29-40)56-26-27-57(67-65(66-56)48-25-28-63-54(33-48)50-23-10-11-24-62(50)70-63)49-34-55-53-32-43-17-6-9-20-46(43)38-61(53)69-64(55)60(37-49)68-58-35-44-18-7-4-15-41(44)30-51(58)52-31-42-16-5-8-19-45(42)36-59(52)68/h1-25,28-38,56H,26-27H2. The van der Waals surface area contributed by atoms with Crippen LogP contribution in [-0.4, -0.2) is 16.1 Å². The Morgan fingerprint density at radius 2 is 1.03 bits per heavy atom. The fourth-order valence-corrected chi connectivity index (χ4v) is 12.3. The number of nitrogens with zero attached hydrogens (tertiary/aromatic N) is 3. The molecule has 0 saturated heterocycles. The summed E-state index contributed by atoms with van der Waals surface area (Å²) in [6.07, 6.45) is 1.52. The molecule has 1 aliphatic heterocycles. The number of thiophene rings is 1. The molecule has 0 bridgehead atoms. The number of hydrogen-bond donors (Lipinski definition) is 0. The van der Waals surface area contributed by atoms with E-state index in [-0.39, 0.29) is 6.04 Å². The van der Waals surface area contributed by atoms with Crippen LogP contribution in [0.5, 0.6) is 0 Å². The molecule has 15 rings (SSSR count). The second kappa shape index (κ2) is 15.4. The number of amidine groups is 1. The Morgan fingerprint density at radius 3 is 1.76 bits per heavy atom. The number of furan rings is 1. The first-order valence-electron chi connectivity index (χ1n) is 24.1. The molecular weight excluding hydrogens is 871 g/mol. The zero-order valence-electron chi connectivity index (χ0n) is 37.9. The summed E-state index contributed by atoms with van der Waals surface area (Å²) >= 11 is 1.83. The van der Waals surface area contributed by atoms with Gasteiger partial charge in [0.15, 0.2) is 11.4 Å². The molecule has 11 aromatic carbocycles. The van der Waals surface area contributed by atoms with Crippen LogP contribution < -0.4 is 0 Å². The topological polar surface area (TPSA) is 42.8 Å². The average molecular weight is 912 g/mol. The van der Waals surface area contributed by atoms with E-state index in [0.717, 1.165) is 79.6 Å². The van der Waals surface area contributed by atoms with Crippen molar-refractivity contribution in [2.24, 2.45) is 9.98 Å². The molecule has 0 fully saturated rings. The SMILES string of the molecule is c1ccc(-c2cccc(C3CCC(c4cc(-n5c6cc7ccccc7cc6c6cc7ccccc7cc65)c5oc6cc7ccccc7cc6c5c4)=NC(c4ccc5sc6ccccc6c5c4)=N3)c2)cc1. The molecule has 4 nitrogen and oxygen atoms in total. The van der Waals surface area contributed by atoms with Gasteiger partial charge in [0.2, 0.25) is 0 Å². The van der Waals surface area contributed by atoms with Crippen molar-refractivity contribution in [2.75, 3.05) is 0 Å². The van der Waals surface area contributed by atoms with Crippen LogP contribution in [0.1, 0.15) is 35.6 Å². The third-order valence-corrected chi connectivity index (χ3v) is 15.8.